The molecule has 1 aromatic rings. The molecule has 1 spiro atoms. The van der Waals surface area contributed by atoms with Crippen molar-refractivity contribution in [2.24, 2.45) is 5.92 Å². The van der Waals surface area contributed by atoms with Crippen molar-refractivity contribution in [3.8, 4) is 0 Å². The maximum Gasteiger partial charge on any atom is 0.0710 e. The van der Waals surface area contributed by atoms with Crippen molar-refractivity contribution < 1.29 is 4.74 Å². The minimum absolute atomic E-state index is 0.165. The summed E-state index contributed by atoms with van der Waals surface area (Å²) in [4.78, 5) is 8.46. The second kappa shape index (κ2) is 4.70. The van der Waals surface area contributed by atoms with Crippen molar-refractivity contribution in [3.05, 3.63) is 24.3 Å². The minimum Gasteiger partial charge on any atom is -0.375 e. The van der Waals surface area contributed by atoms with Crippen molar-refractivity contribution in [1.29, 1.82) is 0 Å². The van der Waals surface area contributed by atoms with Gasteiger partial charge in [0, 0.05) is 18.6 Å². The molecule has 1 atom stereocenters. The summed E-state index contributed by atoms with van der Waals surface area (Å²) in [5.41, 5.74) is 1.25. The number of aromatic nitrogens is 2. The lowest BCUT2D eigenvalue weighted by atomic mass is 9.85. The van der Waals surface area contributed by atoms with Crippen molar-refractivity contribution in [2.45, 2.75) is 31.3 Å². The van der Waals surface area contributed by atoms with Crippen LogP contribution in [0.1, 0.15) is 25.0 Å². The fourth-order valence-corrected chi connectivity index (χ4v) is 3.03. The molecule has 4 nitrogen and oxygen atoms in total. The van der Waals surface area contributed by atoms with Crippen LogP contribution in [0.3, 0.4) is 0 Å². The minimum atomic E-state index is 0.165. The van der Waals surface area contributed by atoms with Gasteiger partial charge in [-0.25, -0.2) is 0 Å². The topological polar surface area (TPSA) is 47.0 Å². The van der Waals surface area contributed by atoms with E-state index < -0.39 is 0 Å². The lowest BCUT2D eigenvalue weighted by Gasteiger charge is -2.33. The third kappa shape index (κ3) is 2.48. The van der Waals surface area contributed by atoms with E-state index in [1.54, 1.807) is 12.4 Å². The molecule has 1 N–H and O–H groups in total. The van der Waals surface area contributed by atoms with Gasteiger partial charge in [-0.15, -0.1) is 0 Å². The monoisotopic (exact) mass is 233 g/mol. The summed E-state index contributed by atoms with van der Waals surface area (Å²) in [5.74, 6) is 0.616. The molecule has 0 aliphatic carbocycles. The van der Waals surface area contributed by atoms with Gasteiger partial charge in [0.15, 0.2) is 0 Å². The molecular weight excluding hydrogens is 214 g/mol. The predicted molar refractivity (Wildman–Crippen MR) is 64.6 cm³/mol. The molecule has 3 heterocycles. The molecular formula is C13H19N3O. The van der Waals surface area contributed by atoms with Gasteiger partial charge in [0.2, 0.25) is 0 Å². The average molecular weight is 233 g/mol. The Labute approximate surface area is 102 Å². The van der Waals surface area contributed by atoms with E-state index in [0.29, 0.717) is 5.92 Å². The van der Waals surface area contributed by atoms with E-state index in [1.165, 1.54) is 6.42 Å². The van der Waals surface area contributed by atoms with Gasteiger partial charge in [-0.3, -0.25) is 9.97 Å². The van der Waals surface area contributed by atoms with E-state index in [9.17, 15) is 0 Å². The molecule has 92 valence electrons. The SMILES string of the molecule is c1cnc(CC2COC3(CCNCC3)C2)cn1. The van der Waals surface area contributed by atoms with Gasteiger partial charge in [-0.05, 0) is 44.7 Å². The molecule has 4 heteroatoms. The van der Waals surface area contributed by atoms with Crippen molar-refractivity contribution >= 4 is 0 Å². The summed E-state index contributed by atoms with van der Waals surface area (Å²) < 4.78 is 6.08. The van der Waals surface area contributed by atoms with Gasteiger partial charge in [-0.1, -0.05) is 0 Å². The van der Waals surface area contributed by atoms with Crippen LogP contribution in [0.25, 0.3) is 0 Å². The third-order valence-electron chi connectivity index (χ3n) is 3.92. The van der Waals surface area contributed by atoms with Crippen LogP contribution < -0.4 is 5.32 Å². The Balaban J connectivity index is 1.60. The van der Waals surface area contributed by atoms with Crippen LogP contribution in [0.5, 0.6) is 0 Å². The largest absolute Gasteiger partial charge is 0.375 e. The molecule has 17 heavy (non-hydrogen) atoms. The van der Waals surface area contributed by atoms with E-state index in [2.05, 4.69) is 15.3 Å². The molecule has 2 saturated heterocycles. The average Bonchev–Trinajstić information content (AvgIpc) is 2.74. The number of hydrogen-bond donors (Lipinski definition) is 1. The Morgan fingerprint density at radius 3 is 3.00 bits per heavy atom. The lowest BCUT2D eigenvalue weighted by molar-refractivity contribution is -0.0196. The van der Waals surface area contributed by atoms with Gasteiger partial charge in [0.25, 0.3) is 0 Å². The quantitative estimate of drug-likeness (QED) is 0.833. The standard InChI is InChI=1S/C13H19N3O/c1-3-14-4-2-13(1)8-11(10-17-13)7-12-9-15-5-6-16-12/h5-6,9,11,14H,1-4,7-8,10H2. The van der Waals surface area contributed by atoms with Crippen LogP contribution in [0.15, 0.2) is 18.6 Å². The maximum atomic E-state index is 6.08. The lowest BCUT2D eigenvalue weighted by Crippen LogP contribution is -2.41. The molecule has 0 saturated carbocycles. The molecule has 0 amide bonds. The fourth-order valence-electron chi connectivity index (χ4n) is 3.03. The number of ether oxygens (including phenoxy) is 1. The number of piperidine rings is 1. The number of hydrogen-bond acceptors (Lipinski definition) is 4. The number of nitrogens with one attached hydrogen (secondary N) is 1. The number of nitrogens with zero attached hydrogens (tertiary/aromatic N) is 2. The summed E-state index contributed by atoms with van der Waals surface area (Å²) in [6.45, 7) is 3.08. The third-order valence-corrected chi connectivity index (χ3v) is 3.92. The molecule has 1 unspecified atom stereocenters. The molecule has 3 rings (SSSR count). The summed E-state index contributed by atoms with van der Waals surface area (Å²) in [7, 11) is 0. The van der Waals surface area contributed by atoms with Gasteiger partial charge >= 0.3 is 0 Å². The zero-order valence-electron chi connectivity index (χ0n) is 10.1. The van der Waals surface area contributed by atoms with Crippen LogP contribution in [0.2, 0.25) is 0 Å². The van der Waals surface area contributed by atoms with Crippen molar-refractivity contribution in [2.75, 3.05) is 19.7 Å². The van der Waals surface area contributed by atoms with Crippen molar-refractivity contribution in [3.63, 3.8) is 0 Å². The van der Waals surface area contributed by atoms with Crippen LogP contribution in [0.4, 0.5) is 0 Å². The Morgan fingerprint density at radius 1 is 1.35 bits per heavy atom. The summed E-state index contributed by atoms with van der Waals surface area (Å²) in [5, 5.41) is 3.40. The van der Waals surface area contributed by atoms with Crippen LogP contribution in [-0.4, -0.2) is 35.3 Å². The Bertz CT molecular complexity index is 362. The highest BCUT2D eigenvalue weighted by Gasteiger charge is 2.40. The normalized spacial score (nSPS) is 27.4. The molecule has 0 bridgehead atoms. The Kier molecular flexibility index (Phi) is 3.07. The van der Waals surface area contributed by atoms with Crippen LogP contribution in [-0.2, 0) is 11.2 Å². The first-order valence-corrected chi connectivity index (χ1v) is 6.46. The highest BCUT2D eigenvalue weighted by molar-refractivity contribution is 5.00. The molecule has 1 aromatic heterocycles. The molecule has 2 aliphatic heterocycles. The second-order valence-corrected chi connectivity index (χ2v) is 5.22. The Hall–Kier alpha value is -1.00. The van der Waals surface area contributed by atoms with E-state index in [1.807, 2.05) is 6.20 Å². The summed E-state index contributed by atoms with van der Waals surface area (Å²) >= 11 is 0. The fraction of sp³-hybridized carbons (Fsp3) is 0.692. The molecule has 0 radical (unpaired) electrons. The maximum absolute atomic E-state index is 6.08. The number of rotatable bonds is 2. The first kappa shape index (κ1) is 11.1. The first-order valence-electron chi connectivity index (χ1n) is 6.46. The highest BCUT2D eigenvalue weighted by atomic mass is 16.5. The van der Waals surface area contributed by atoms with Gasteiger partial charge < -0.3 is 10.1 Å². The van der Waals surface area contributed by atoms with E-state index in [-0.39, 0.29) is 5.60 Å². The summed E-state index contributed by atoms with van der Waals surface area (Å²) in [6, 6.07) is 0. The van der Waals surface area contributed by atoms with E-state index in [0.717, 1.165) is 44.7 Å². The van der Waals surface area contributed by atoms with Gasteiger partial charge in [0.05, 0.1) is 17.9 Å². The highest BCUT2D eigenvalue weighted by Crippen LogP contribution is 2.37. The zero-order valence-corrected chi connectivity index (χ0v) is 10.1. The van der Waals surface area contributed by atoms with Crippen molar-refractivity contribution in [1.82, 2.24) is 15.3 Å². The van der Waals surface area contributed by atoms with E-state index >= 15 is 0 Å². The molecule has 0 aromatic carbocycles. The van der Waals surface area contributed by atoms with Crippen LogP contribution >= 0.6 is 0 Å². The predicted octanol–water partition coefficient (Wildman–Crippen LogP) is 1.18. The second-order valence-electron chi connectivity index (χ2n) is 5.22. The zero-order chi connectivity index (χ0) is 11.6. The summed E-state index contributed by atoms with van der Waals surface area (Å²) in [6.07, 6.45) is 9.87. The van der Waals surface area contributed by atoms with Crippen LogP contribution in [0, 0.1) is 5.92 Å². The van der Waals surface area contributed by atoms with E-state index in [4.69, 9.17) is 4.74 Å². The Morgan fingerprint density at radius 2 is 2.24 bits per heavy atom. The van der Waals surface area contributed by atoms with Gasteiger partial charge in [-0.2, -0.15) is 0 Å². The molecule has 2 aliphatic rings. The first-order chi connectivity index (χ1) is 8.36. The van der Waals surface area contributed by atoms with Gasteiger partial charge in [0.1, 0.15) is 0 Å². The molecule has 2 fully saturated rings. The smallest absolute Gasteiger partial charge is 0.0710 e.